The predicted molar refractivity (Wildman–Crippen MR) is 60.7 cm³/mol. The SMILES string of the molecule is CNc1cc(C#N)c2ccc(C)cc2n1. The van der Waals surface area contributed by atoms with Crippen molar-refractivity contribution in [3.05, 3.63) is 35.4 Å². The van der Waals surface area contributed by atoms with Gasteiger partial charge in [0.15, 0.2) is 0 Å². The summed E-state index contributed by atoms with van der Waals surface area (Å²) in [5.74, 6) is 0.727. The van der Waals surface area contributed by atoms with Crippen LogP contribution < -0.4 is 5.32 Å². The van der Waals surface area contributed by atoms with Gasteiger partial charge >= 0.3 is 0 Å². The van der Waals surface area contributed by atoms with Crippen LogP contribution in [0.4, 0.5) is 5.82 Å². The van der Waals surface area contributed by atoms with Crippen LogP contribution in [0.5, 0.6) is 0 Å². The molecule has 0 aliphatic carbocycles. The first-order valence-corrected chi connectivity index (χ1v) is 4.74. The summed E-state index contributed by atoms with van der Waals surface area (Å²) in [6.45, 7) is 2.01. The molecule has 1 aromatic carbocycles. The Morgan fingerprint density at radius 1 is 1.33 bits per heavy atom. The third-order valence-corrected chi connectivity index (χ3v) is 2.34. The van der Waals surface area contributed by atoms with Gasteiger partial charge < -0.3 is 5.32 Å². The molecule has 3 nitrogen and oxygen atoms in total. The van der Waals surface area contributed by atoms with Crippen molar-refractivity contribution in [1.82, 2.24) is 4.98 Å². The van der Waals surface area contributed by atoms with E-state index in [0.29, 0.717) is 5.56 Å². The van der Waals surface area contributed by atoms with Gasteiger partial charge in [0.1, 0.15) is 5.82 Å². The van der Waals surface area contributed by atoms with Crippen molar-refractivity contribution in [3.8, 4) is 6.07 Å². The van der Waals surface area contributed by atoms with E-state index in [1.165, 1.54) is 0 Å². The fourth-order valence-corrected chi connectivity index (χ4v) is 1.56. The summed E-state index contributed by atoms with van der Waals surface area (Å²) in [6, 6.07) is 9.86. The van der Waals surface area contributed by atoms with Crippen LogP contribution in [0.1, 0.15) is 11.1 Å². The van der Waals surface area contributed by atoms with Gasteiger partial charge in [-0.05, 0) is 24.6 Å². The molecule has 1 heterocycles. The first-order valence-electron chi connectivity index (χ1n) is 4.74. The van der Waals surface area contributed by atoms with E-state index < -0.39 is 0 Å². The maximum atomic E-state index is 9.02. The van der Waals surface area contributed by atoms with Crippen LogP contribution in [-0.2, 0) is 0 Å². The summed E-state index contributed by atoms with van der Waals surface area (Å²) >= 11 is 0. The van der Waals surface area contributed by atoms with E-state index >= 15 is 0 Å². The topological polar surface area (TPSA) is 48.7 Å². The van der Waals surface area contributed by atoms with Crippen LogP contribution >= 0.6 is 0 Å². The number of hydrogen-bond donors (Lipinski definition) is 1. The maximum Gasteiger partial charge on any atom is 0.127 e. The Morgan fingerprint density at radius 2 is 2.13 bits per heavy atom. The van der Waals surface area contributed by atoms with E-state index in [-0.39, 0.29) is 0 Å². The zero-order valence-electron chi connectivity index (χ0n) is 8.70. The molecule has 0 saturated heterocycles. The number of aromatic nitrogens is 1. The largest absolute Gasteiger partial charge is 0.373 e. The van der Waals surface area contributed by atoms with Crippen molar-refractivity contribution < 1.29 is 0 Å². The van der Waals surface area contributed by atoms with Gasteiger partial charge in [-0.1, -0.05) is 12.1 Å². The van der Waals surface area contributed by atoms with E-state index in [1.807, 2.05) is 25.1 Å². The number of nitrogens with zero attached hydrogens (tertiary/aromatic N) is 2. The number of aryl methyl sites for hydroxylation is 1. The average Bonchev–Trinajstić information content (AvgIpc) is 2.26. The Hall–Kier alpha value is -2.08. The fourth-order valence-electron chi connectivity index (χ4n) is 1.56. The molecule has 1 aromatic heterocycles. The minimum absolute atomic E-state index is 0.657. The zero-order valence-corrected chi connectivity index (χ0v) is 8.70. The van der Waals surface area contributed by atoms with Crippen LogP contribution in [-0.4, -0.2) is 12.0 Å². The molecule has 0 aliphatic heterocycles. The van der Waals surface area contributed by atoms with Crippen LogP contribution in [0.2, 0.25) is 0 Å². The van der Waals surface area contributed by atoms with Crippen molar-refractivity contribution in [3.63, 3.8) is 0 Å². The molecular weight excluding hydrogens is 186 g/mol. The van der Waals surface area contributed by atoms with Crippen molar-refractivity contribution in [2.45, 2.75) is 6.92 Å². The van der Waals surface area contributed by atoms with Gasteiger partial charge in [-0.25, -0.2) is 4.98 Å². The van der Waals surface area contributed by atoms with Gasteiger partial charge in [-0.3, -0.25) is 0 Å². The number of rotatable bonds is 1. The van der Waals surface area contributed by atoms with E-state index in [4.69, 9.17) is 5.26 Å². The molecule has 0 unspecified atom stereocenters. The second kappa shape index (κ2) is 3.58. The molecule has 1 N–H and O–H groups in total. The third-order valence-electron chi connectivity index (χ3n) is 2.34. The van der Waals surface area contributed by atoms with Crippen molar-refractivity contribution >= 4 is 16.7 Å². The van der Waals surface area contributed by atoms with E-state index in [1.54, 1.807) is 13.1 Å². The van der Waals surface area contributed by atoms with Crippen molar-refractivity contribution in [2.75, 3.05) is 12.4 Å². The lowest BCUT2D eigenvalue weighted by Gasteiger charge is -2.04. The first kappa shape index (κ1) is 9.47. The van der Waals surface area contributed by atoms with Crippen LogP contribution in [0.25, 0.3) is 10.9 Å². The smallest absolute Gasteiger partial charge is 0.127 e. The monoisotopic (exact) mass is 197 g/mol. The Kier molecular flexibility index (Phi) is 2.26. The molecule has 2 rings (SSSR count). The van der Waals surface area contributed by atoms with E-state index in [0.717, 1.165) is 22.3 Å². The van der Waals surface area contributed by atoms with Gasteiger partial charge in [-0.2, -0.15) is 5.26 Å². The van der Waals surface area contributed by atoms with Crippen LogP contribution in [0, 0.1) is 18.3 Å². The number of fused-ring (bicyclic) bond motifs is 1. The molecule has 2 aromatic rings. The average molecular weight is 197 g/mol. The van der Waals surface area contributed by atoms with Crippen LogP contribution in [0.3, 0.4) is 0 Å². The Labute approximate surface area is 88.4 Å². The lowest BCUT2D eigenvalue weighted by molar-refractivity contribution is 1.32. The molecule has 74 valence electrons. The van der Waals surface area contributed by atoms with Gasteiger partial charge in [0.2, 0.25) is 0 Å². The summed E-state index contributed by atoms with van der Waals surface area (Å²) in [5, 5.41) is 12.9. The standard InChI is InChI=1S/C12H11N3/c1-8-3-4-10-9(7-13)6-12(14-2)15-11(10)5-8/h3-6H,1-2H3,(H,14,15). The Bertz CT molecular complexity index is 553. The highest BCUT2D eigenvalue weighted by Gasteiger charge is 2.04. The number of hydrogen-bond acceptors (Lipinski definition) is 3. The molecule has 0 atom stereocenters. The van der Waals surface area contributed by atoms with Gasteiger partial charge in [0.05, 0.1) is 17.1 Å². The molecule has 0 aliphatic rings. The fraction of sp³-hybridized carbons (Fsp3) is 0.167. The summed E-state index contributed by atoms with van der Waals surface area (Å²) in [4.78, 5) is 4.40. The third kappa shape index (κ3) is 1.62. The quantitative estimate of drug-likeness (QED) is 0.763. The molecule has 0 saturated carbocycles. The van der Waals surface area contributed by atoms with E-state index in [9.17, 15) is 0 Å². The van der Waals surface area contributed by atoms with Gasteiger partial charge in [0, 0.05) is 12.4 Å². The Balaban J connectivity index is 2.82. The molecule has 0 spiro atoms. The van der Waals surface area contributed by atoms with Crippen molar-refractivity contribution in [2.24, 2.45) is 0 Å². The minimum Gasteiger partial charge on any atom is -0.373 e. The highest BCUT2D eigenvalue weighted by atomic mass is 15.0. The predicted octanol–water partition coefficient (Wildman–Crippen LogP) is 2.46. The number of nitriles is 1. The number of anilines is 1. The highest BCUT2D eigenvalue weighted by molar-refractivity contribution is 5.86. The lowest BCUT2D eigenvalue weighted by atomic mass is 10.1. The summed E-state index contributed by atoms with van der Waals surface area (Å²) in [7, 11) is 1.80. The Morgan fingerprint density at radius 3 is 2.80 bits per heavy atom. The normalized spacial score (nSPS) is 9.93. The van der Waals surface area contributed by atoms with Crippen molar-refractivity contribution in [1.29, 1.82) is 5.26 Å². The highest BCUT2D eigenvalue weighted by Crippen LogP contribution is 2.20. The zero-order chi connectivity index (χ0) is 10.8. The first-order chi connectivity index (χ1) is 7.24. The number of pyridine rings is 1. The molecule has 0 amide bonds. The molecular formula is C12H11N3. The molecule has 0 fully saturated rings. The molecule has 3 heteroatoms. The molecule has 0 radical (unpaired) electrons. The minimum atomic E-state index is 0.657. The second-order valence-corrected chi connectivity index (χ2v) is 3.44. The second-order valence-electron chi connectivity index (χ2n) is 3.44. The van der Waals surface area contributed by atoms with Crippen LogP contribution in [0.15, 0.2) is 24.3 Å². The summed E-state index contributed by atoms with van der Waals surface area (Å²) in [6.07, 6.45) is 0. The summed E-state index contributed by atoms with van der Waals surface area (Å²) in [5.41, 5.74) is 2.66. The van der Waals surface area contributed by atoms with Gasteiger partial charge in [-0.15, -0.1) is 0 Å². The molecule has 15 heavy (non-hydrogen) atoms. The number of benzene rings is 1. The maximum absolute atomic E-state index is 9.02. The van der Waals surface area contributed by atoms with Gasteiger partial charge in [0.25, 0.3) is 0 Å². The summed E-state index contributed by atoms with van der Waals surface area (Å²) < 4.78 is 0. The van der Waals surface area contributed by atoms with E-state index in [2.05, 4.69) is 16.4 Å². The lowest BCUT2D eigenvalue weighted by Crippen LogP contribution is -1.94. The molecule has 0 bridgehead atoms. The number of nitrogens with one attached hydrogen (secondary N) is 1.